The molecule has 2 aromatic rings. The highest BCUT2D eigenvalue weighted by Crippen LogP contribution is 2.13. The number of amides is 3. The van der Waals surface area contributed by atoms with Crippen LogP contribution < -0.4 is 16.0 Å². The molecule has 0 unspecified atom stereocenters. The van der Waals surface area contributed by atoms with Crippen molar-refractivity contribution in [2.75, 3.05) is 11.9 Å². The van der Waals surface area contributed by atoms with Crippen LogP contribution in [0.15, 0.2) is 42.5 Å². The topological polar surface area (TPSA) is 96.5 Å². The van der Waals surface area contributed by atoms with Crippen molar-refractivity contribution < 1.29 is 19.1 Å². The smallest absolute Gasteiger partial charge is 0.407 e. The molecule has 0 fully saturated rings. The average molecular weight is 426 g/mol. The Morgan fingerprint density at radius 1 is 0.935 bits per heavy atom. The molecule has 0 aliphatic heterocycles. The summed E-state index contributed by atoms with van der Waals surface area (Å²) >= 11 is 0. The monoisotopic (exact) mass is 425 g/mol. The molecule has 3 N–H and O–H groups in total. The van der Waals surface area contributed by atoms with E-state index in [0.29, 0.717) is 17.8 Å². The van der Waals surface area contributed by atoms with E-state index in [1.54, 1.807) is 39.0 Å². The van der Waals surface area contributed by atoms with E-state index in [1.165, 1.54) is 0 Å². The minimum absolute atomic E-state index is 0.118. The molecule has 31 heavy (non-hydrogen) atoms. The Labute approximate surface area is 183 Å². The number of aryl methyl sites for hydroxylation is 2. The maximum atomic E-state index is 12.4. The zero-order valence-electron chi connectivity index (χ0n) is 18.8. The summed E-state index contributed by atoms with van der Waals surface area (Å²) in [6.07, 6.45) is -0.436. The van der Waals surface area contributed by atoms with Crippen molar-refractivity contribution in [2.24, 2.45) is 0 Å². The predicted octanol–water partition coefficient (Wildman–Crippen LogP) is 4.09. The molecule has 0 atom stereocenters. The zero-order valence-corrected chi connectivity index (χ0v) is 18.8. The molecule has 166 valence electrons. The lowest BCUT2D eigenvalue weighted by Crippen LogP contribution is -2.34. The SMILES string of the molecule is Cc1ccc(C(=O)NCc2cccc(NC(=O)CCNC(=O)OC(C)(C)C)c2)cc1C. The average Bonchev–Trinajstić information content (AvgIpc) is 2.67. The second-order valence-electron chi connectivity index (χ2n) is 8.41. The number of nitrogens with one attached hydrogen (secondary N) is 3. The standard InChI is InChI=1S/C24H31N3O4/c1-16-9-10-19(13-17(16)2)22(29)26-15-18-7-6-8-20(14-18)27-21(28)11-12-25-23(30)31-24(3,4)5/h6-10,13-14H,11-12,15H2,1-5H3,(H,25,30)(H,26,29)(H,27,28). The number of alkyl carbamates (subject to hydrolysis) is 1. The van der Waals surface area contributed by atoms with Crippen LogP contribution in [-0.4, -0.2) is 30.1 Å². The summed E-state index contributed by atoms with van der Waals surface area (Å²) in [5, 5.41) is 8.24. The normalized spacial score (nSPS) is 10.9. The maximum absolute atomic E-state index is 12.4. The predicted molar refractivity (Wildman–Crippen MR) is 121 cm³/mol. The maximum Gasteiger partial charge on any atom is 0.407 e. The summed E-state index contributed by atoms with van der Waals surface area (Å²) < 4.78 is 5.13. The van der Waals surface area contributed by atoms with Gasteiger partial charge in [0.1, 0.15) is 5.60 Å². The summed E-state index contributed by atoms with van der Waals surface area (Å²) in [6, 6.07) is 12.9. The number of anilines is 1. The van der Waals surface area contributed by atoms with Crippen molar-refractivity contribution in [3.63, 3.8) is 0 Å². The largest absolute Gasteiger partial charge is 0.444 e. The van der Waals surface area contributed by atoms with Gasteiger partial charge in [-0.3, -0.25) is 9.59 Å². The first-order chi connectivity index (χ1) is 14.5. The Morgan fingerprint density at radius 2 is 1.68 bits per heavy atom. The third-order valence-corrected chi connectivity index (χ3v) is 4.45. The van der Waals surface area contributed by atoms with Crippen LogP contribution in [0.5, 0.6) is 0 Å². The van der Waals surface area contributed by atoms with Gasteiger partial charge in [0.2, 0.25) is 5.91 Å². The Balaban J connectivity index is 1.81. The van der Waals surface area contributed by atoms with Crippen molar-refractivity contribution in [2.45, 2.75) is 53.2 Å². The minimum Gasteiger partial charge on any atom is -0.444 e. The molecule has 3 amide bonds. The van der Waals surface area contributed by atoms with Gasteiger partial charge in [-0.1, -0.05) is 18.2 Å². The lowest BCUT2D eigenvalue weighted by molar-refractivity contribution is -0.116. The fraction of sp³-hybridized carbons (Fsp3) is 0.375. The molecule has 0 heterocycles. The number of carbonyl (C=O) groups is 3. The number of carbonyl (C=O) groups excluding carboxylic acids is 3. The number of rotatable bonds is 7. The number of hydrogen-bond acceptors (Lipinski definition) is 4. The summed E-state index contributed by atoms with van der Waals surface area (Å²) in [4.78, 5) is 36.1. The Kier molecular flexibility index (Phi) is 8.19. The Hall–Kier alpha value is -3.35. The first-order valence-corrected chi connectivity index (χ1v) is 10.2. The molecule has 0 aromatic heterocycles. The summed E-state index contributed by atoms with van der Waals surface area (Å²) in [5.41, 5.74) is 3.73. The quantitative estimate of drug-likeness (QED) is 0.623. The Bertz CT molecular complexity index is 948. The van der Waals surface area contributed by atoms with E-state index in [4.69, 9.17) is 4.74 Å². The highest BCUT2D eigenvalue weighted by Gasteiger charge is 2.16. The van der Waals surface area contributed by atoms with Crippen molar-refractivity contribution in [3.05, 3.63) is 64.7 Å². The van der Waals surface area contributed by atoms with Crippen LogP contribution in [0.4, 0.5) is 10.5 Å². The van der Waals surface area contributed by atoms with Gasteiger partial charge in [-0.25, -0.2) is 4.79 Å². The number of hydrogen-bond donors (Lipinski definition) is 3. The highest BCUT2D eigenvalue weighted by molar-refractivity contribution is 5.94. The van der Waals surface area contributed by atoms with Gasteiger partial charge < -0.3 is 20.7 Å². The van der Waals surface area contributed by atoms with Gasteiger partial charge in [0.15, 0.2) is 0 Å². The third kappa shape index (κ3) is 8.50. The summed E-state index contributed by atoms with van der Waals surface area (Å²) in [6.45, 7) is 9.82. The molecule has 0 saturated heterocycles. The van der Waals surface area contributed by atoms with Gasteiger partial charge >= 0.3 is 6.09 Å². The molecule has 0 aliphatic rings. The summed E-state index contributed by atoms with van der Waals surface area (Å²) in [7, 11) is 0. The first-order valence-electron chi connectivity index (χ1n) is 10.2. The van der Waals surface area contributed by atoms with E-state index in [9.17, 15) is 14.4 Å². The first kappa shape index (κ1) is 23.9. The molecule has 2 aromatic carbocycles. The van der Waals surface area contributed by atoms with Crippen LogP contribution in [0.25, 0.3) is 0 Å². The summed E-state index contributed by atoms with van der Waals surface area (Å²) in [5.74, 6) is -0.377. The van der Waals surface area contributed by atoms with E-state index in [-0.39, 0.29) is 24.8 Å². The molecule has 0 saturated carbocycles. The van der Waals surface area contributed by atoms with Crippen molar-refractivity contribution >= 4 is 23.6 Å². The molecule has 7 heteroatoms. The third-order valence-electron chi connectivity index (χ3n) is 4.45. The van der Waals surface area contributed by atoms with E-state index >= 15 is 0 Å². The molecule has 0 radical (unpaired) electrons. The van der Waals surface area contributed by atoms with Crippen molar-refractivity contribution in [1.82, 2.24) is 10.6 Å². The van der Waals surface area contributed by atoms with E-state index in [2.05, 4.69) is 16.0 Å². The van der Waals surface area contributed by atoms with E-state index in [0.717, 1.165) is 16.7 Å². The highest BCUT2D eigenvalue weighted by atomic mass is 16.6. The van der Waals surface area contributed by atoms with Crippen LogP contribution in [0, 0.1) is 13.8 Å². The van der Waals surface area contributed by atoms with Crippen LogP contribution in [-0.2, 0) is 16.1 Å². The van der Waals surface area contributed by atoms with Crippen molar-refractivity contribution in [3.8, 4) is 0 Å². The van der Waals surface area contributed by atoms with Gasteiger partial charge in [-0.2, -0.15) is 0 Å². The molecule has 7 nitrogen and oxygen atoms in total. The molecular weight excluding hydrogens is 394 g/mol. The lowest BCUT2D eigenvalue weighted by Gasteiger charge is -2.19. The van der Waals surface area contributed by atoms with Crippen molar-refractivity contribution in [1.29, 1.82) is 0 Å². The van der Waals surface area contributed by atoms with Crippen LogP contribution in [0.2, 0.25) is 0 Å². The fourth-order valence-corrected chi connectivity index (χ4v) is 2.74. The van der Waals surface area contributed by atoms with E-state index in [1.807, 2.05) is 38.1 Å². The number of ether oxygens (including phenoxy) is 1. The minimum atomic E-state index is -0.583. The van der Waals surface area contributed by atoms with Gasteiger partial charge in [0, 0.05) is 30.8 Å². The molecular formula is C24H31N3O4. The van der Waals surface area contributed by atoms with E-state index < -0.39 is 11.7 Å². The van der Waals surface area contributed by atoms with Crippen LogP contribution in [0.3, 0.4) is 0 Å². The van der Waals surface area contributed by atoms with Gasteiger partial charge in [0.05, 0.1) is 0 Å². The van der Waals surface area contributed by atoms with Crippen LogP contribution in [0.1, 0.15) is 54.2 Å². The molecule has 0 spiro atoms. The van der Waals surface area contributed by atoms with Gasteiger partial charge in [-0.05, 0) is 75.6 Å². The Morgan fingerprint density at radius 3 is 2.35 bits per heavy atom. The lowest BCUT2D eigenvalue weighted by atomic mass is 10.1. The second kappa shape index (κ2) is 10.6. The second-order valence-corrected chi connectivity index (χ2v) is 8.41. The van der Waals surface area contributed by atoms with Gasteiger partial charge in [-0.15, -0.1) is 0 Å². The fourth-order valence-electron chi connectivity index (χ4n) is 2.74. The number of benzene rings is 2. The van der Waals surface area contributed by atoms with Gasteiger partial charge in [0.25, 0.3) is 5.91 Å². The molecule has 0 aliphatic carbocycles. The zero-order chi connectivity index (χ0) is 23.0. The molecule has 2 rings (SSSR count). The van der Waals surface area contributed by atoms with Crippen LogP contribution >= 0.6 is 0 Å². The molecule has 0 bridgehead atoms.